The van der Waals surface area contributed by atoms with Crippen molar-refractivity contribution in [2.45, 2.75) is 37.0 Å². The van der Waals surface area contributed by atoms with E-state index in [1.165, 1.54) is 6.20 Å². The van der Waals surface area contributed by atoms with Gasteiger partial charge in [0.1, 0.15) is 10.6 Å². The topological polar surface area (TPSA) is 59.5 Å². The van der Waals surface area contributed by atoms with Crippen LogP contribution in [-0.2, 0) is 9.84 Å². The minimum atomic E-state index is -3.72. The van der Waals surface area contributed by atoms with Gasteiger partial charge in [0.05, 0.1) is 22.7 Å². The van der Waals surface area contributed by atoms with E-state index in [1.807, 2.05) is 31.2 Å². The van der Waals surface area contributed by atoms with Crippen LogP contribution in [-0.4, -0.2) is 33.1 Å². The lowest BCUT2D eigenvalue weighted by Gasteiger charge is -2.38. The molecule has 1 saturated heterocycles. The molecule has 1 aromatic heterocycles. The Hall–Kier alpha value is -2.60. The number of aromatic nitrogens is 1. The molecule has 1 aliphatic heterocycles. The zero-order chi connectivity index (χ0) is 21.3. The van der Waals surface area contributed by atoms with Crippen molar-refractivity contribution in [2.24, 2.45) is 11.8 Å². The average Bonchev–Trinajstić information content (AvgIpc) is 2.73. The molecule has 158 valence electrons. The lowest BCUT2D eigenvalue weighted by Crippen LogP contribution is -2.39. The maximum Gasteiger partial charge on any atom is 0.210 e. The second-order valence-electron chi connectivity index (χ2n) is 8.25. The Kier molecular flexibility index (Phi) is 5.69. The molecule has 0 bridgehead atoms. The van der Waals surface area contributed by atoms with E-state index in [-0.39, 0.29) is 9.79 Å². The minimum absolute atomic E-state index is 0.260. The van der Waals surface area contributed by atoms with Crippen LogP contribution in [0.15, 0.2) is 64.5 Å². The van der Waals surface area contributed by atoms with Crippen molar-refractivity contribution in [3.8, 4) is 5.75 Å². The van der Waals surface area contributed by atoms with Crippen LogP contribution in [0.3, 0.4) is 0 Å². The molecule has 0 unspecified atom stereocenters. The third-order valence-corrected chi connectivity index (χ3v) is 7.39. The Morgan fingerprint density at radius 3 is 2.43 bits per heavy atom. The molecule has 0 amide bonds. The van der Waals surface area contributed by atoms with Crippen molar-refractivity contribution in [3.05, 3.63) is 54.7 Å². The van der Waals surface area contributed by atoms with Gasteiger partial charge in [-0.15, -0.1) is 0 Å². The summed E-state index contributed by atoms with van der Waals surface area (Å²) in [7, 11) is -3.72. The van der Waals surface area contributed by atoms with Crippen LogP contribution >= 0.6 is 0 Å². The van der Waals surface area contributed by atoms with Gasteiger partial charge in [-0.25, -0.2) is 8.42 Å². The largest absolute Gasteiger partial charge is 0.494 e. The number of ether oxygens (including phenoxy) is 1. The van der Waals surface area contributed by atoms with Crippen molar-refractivity contribution in [3.63, 3.8) is 0 Å². The van der Waals surface area contributed by atoms with E-state index in [0.717, 1.165) is 41.9 Å². The van der Waals surface area contributed by atoms with E-state index in [2.05, 4.69) is 23.7 Å². The third kappa shape index (κ3) is 3.88. The highest BCUT2D eigenvalue weighted by Gasteiger charge is 2.30. The first-order valence-corrected chi connectivity index (χ1v) is 12.0. The molecule has 1 fully saturated rings. The van der Waals surface area contributed by atoms with Gasteiger partial charge in [-0.05, 0) is 55.5 Å². The molecule has 3 aromatic rings. The van der Waals surface area contributed by atoms with Crippen LogP contribution in [0.5, 0.6) is 5.75 Å². The first kappa shape index (κ1) is 20.7. The highest BCUT2D eigenvalue weighted by atomic mass is 32.2. The number of nitrogens with zero attached hydrogens (tertiary/aromatic N) is 2. The first-order valence-electron chi connectivity index (χ1n) is 10.5. The van der Waals surface area contributed by atoms with E-state index >= 15 is 0 Å². The van der Waals surface area contributed by atoms with Gasteiger partial charge >= 0.3 is 0 Å². The van der Waals surface area contributed by atoms with Crippen molar-refractivity contribution >= 4 is 26.4 Å². The Bertz CT molecular complexity index is 1140. The summed E-state index contributed by atoms with van der Waals surface area (Å²) in [5, 5.41) is 0.819. The number of hydrogen-bond acceptors (Lipinski definition) is 5. The molecule has 0 aliphatic carbocycles. The molecule has 2 heterocycles. The highest BCUT2D eigenvalue weighted by molar-refractivity contribution is 7.91. The molecule has 0 spiro atoms. The molecule has 0 saturated carbocycles. The predicted molar refractivity (Wildman–Crippen MR) is 120 cm³/mol. The SMILES string of the molecule is CCOc1ccc2ncc(S(=O)(=O)c3ccccc3)c(N3C[C@H](C)C[C@@H](C)C3)c2c1. The highest BCUT2D eigenvalue weighted by Crippen LogP contribution is 2.39. The van der Waals surface area contributed by atoms with Gasteiger partial charge < -0.3 is 9.64 Å². The van der Waals surface area contributed by atoms with Crippen LogP contribution in [0, 0.1) is 11.8 Å². The maximum absolute atomic E-state index is 13.6. The summed E-state index contributed by atoms with van der Waals surface area (Å²) in [6, 6.07) is 14.3. The molecule has 6 heteroatoms. The second kappa shape index (κ2) is 8.26. The number of piperidine rings is 1. The van der Waals surface area contributed by atoms with Gasteiger partial charge in [-0.3, -0.25) is 4.98 Å². The molecular formula is C24H28N2O3S. The summed E-state index contributed by atoms with van der Waals surface area (Å²) in [6.07, 6.45) is 2.66. The fraction of sp³-hybridized carbons (Fsp3) is 0.375. The number of anilines is 1. The average molecular weight is 425 g/mol. The number of sulfone groups is 1. The quantitative estimate of drug-likeness (QED) is 0.580. The fourth-order valence-corrected chi connectivity index (χ4v) is 5.95. The monoisotopic (exact) mass is 424 g/mol. The van der Waals surface area contributed by atoms with Gasteiger partial charge in [0.15, 0.2) is 0 Å². The van der Waals surface area contributed by atoms with Crippen LogP contribution in [0.1, 0.15) is 27.2 Å². The molecule has 0 N–H and O–H groups in total. The van der Waals surface area contributed by atoms with Gasteiger partial charge in [0.25, 0.3) is 0 Å². The van der Waals surface area contributed by atoms with E-state index in [9.17, 15) is 8.42 Å². The molecular weight excluding hydrogens is 396 g/mol. The van der Waals surface area contributed by atoms with Gasteiger partial charge in [0, 0.05) is 24.7 Å². The smallest absolute Gasteiger partial charge is 0.210 e. The summed E-state index contributed by atoms with van der Waals surface area (Å²) < 4.78 is 32.9. The van der Waals surface area contributed by atoms with Crippen molar-refractivity contribution in [1.82, 2.24) is 4.98 Å². The molecule has 2 aromatic carbocycles. The van der Waals surface area contributed by atoms with Gasteiger partial charge in [-0.1, -0.05) is 32.0 Å². The summed E-state index contributed by atoms with van der Waals surface area (Å²) in [5.74, 6) is 1.69. The van der Waals surface area contributed by atoms with E-state index in [0.29, 0.717) is 18.4 Å². The first-order chi connectivity index (χ1) is 14.4. The molecule has 30 heavy (non-hydrogen) atoms. The van der Waals surface area contributed by atoms with Crippen LogP contribution in [0.2, 0.25) is 0 Å². The zero-order valence-electron chi connectivity index (χ0n) is 17.7. The summed E-state index contributed by atoms with van der Waals surface area (Å²) in [5.41, 5.74) is 1.51. The summed E-state index contributed by atoms with van der Waals surface area (Å²) in [4.78, 5) is 7.28. The van der Waals surface area contributed by atoms with E-state index in [4.69, 9.17) is 4.74 Å². The van der Waals surface area contributed by atoms with E-state index in [1.54, 1.807) is 24.3 Å². The molecule has 4 rings (SSSR count). The number of hydrogen-bond donors (Lipinski definition) is 0. The lowest BCUT2D eigenvalue weighted by atomic mass is 9.91. The second-order valence-corrected chi connectivity index (χ2v) is 10.2. The van der Waals surface area contributed by atoms with Crippen LogP contribution < -0.4 is 9.64 Å². The summed E-state index contributed by atoms with van der Waals surface area (Å²) in [6.45, 7) is 8.58. The van der Waals surface area contributed by atoms with Crippen LogP contribution in [0.4, 0.5) is 5.69 Å². The minimum Gasteiger partial charge on any atom is -0.494 e. The molecule has 5 nitrogen and oxygen atoms in total. The molecule has 0 radical (unpaired) electrons. The van der Waals surface area contributed by atoms with Crippen molar-refractivity contribution in [1.29, 1.82) is 0 Å². The van der Waals surface area contributed by atoms with Crippen molar-refractivity contribution in [2.75, 3.05) is 24.6 Å². The number of fused-ring (bicyclic) bond motifs is 1. The normalized spacial score (nSPS) is 19.8. The third-order valence-electron chi connectivity index (χ3n) is 5.62. The molecule has 1 aliphatic rings. The maximum atomic E-state index is 13.6. The lowest BCUT2D eigenvalue weighted by molar-refractivity contribution is 0.340. The number of pyridine rings is 1. The fourth-order valence-electron chi connectivity index (χ4n) is 4.49. The van der Waals surface area contributed by atoms with Crippen LogP contribution in [0.25, 0.3) is 10.9 Å². The standard InChI is InChI=1S/C24H28N2O3S/c1-4-29-19-10-11-22-21(13-19)24(26-15-17(2)12-18(3)16-26)23(14-25-22)30(27,28)20-8-6-5-7-9-20/h5-11,13-14,17-18H,4,12,15-16H2,1-3H3/t17-,18-/m1/s1. The van der Waals surface area contributed by atoms with Crippen molar-refractivity contribution < 1.29 is 13.2 Å². The predicted octanol–water partition coefficient (Wildman–Crippen LogP) is 4.95. The Morgan fingerprint density at radius 2 is 1.77 bits per heavy atom. The zero-order valence-corrected chi connectivity index (χ0v) is 18.5. The van der Waals surface area contributed by atoms with E-state index < -0.39 is 9.84 Å². The Balaban J connectivity index is 1.98. The van der Waals surface area contributed by atoms with Gasteiger partial charge in [0.2, 0.25) is 9.84 Å². The summed E-state index contributed by atoms with van der Waals surface area (Å²) >= 11 is 0. The number of benzene rings is 2. The Morgan fingerprint density at radius 1 is 1.07 bits per heavy atom. The number of rotatable bonds is 5. The van der Waals surface area contributed by atoms with Gasteiger partial charge in [-0.2, -0.15) is 0 Å². The molecule has 2 atom stereocenters. The Labute approximate surface area is 178 Å².